The van der Waals surface area contributed by atoms with Gasteiger partial charge in [-0.3, -0.25) is 9.69 Å². The van der Waals surface area contributed by atoms with E-state index in [2.05, 4.69) is 21.3 Å². The first-order valence-electron chi connectivity index (χ1n) is 9.97. The monoisotopic (exact) mass is 457 g/mol. The number of amides is 1. The standard InChI is InChI=1S/C23H24ClN3OS2/c1-17-25-20(15-29-17)16-30-22-8-3-2-7-21(22)23(28)27-11-9-26(10-12-27)14-18-5-4-6-19(24)13-18/h2-8,13,15H,9-12,14,16H2,1H3. The lowest BCUT2D eigenvalue weighted by Gasteiger charge is -2.35. The number of benzene rings is 2. The lowest BCUT2D eigenvalue weighted by molar-refractivity contribution is 0.0625. The van der Waals surface area contributed by atoms with Crippen molar-refractivity contribution in [3.63, 3.8) is 0 Å². The summed E-state index contributed by atoms with van der Waals surface area (Å²) in [6.07, 6.45) is 0. The largest absolute Gasteiger partial charge is 0.336 e. The predicted octanol–water partition coefficient (Wildman–Crippen LogP) is 5.36. The van der Waals surface area contributed by atoms with Gasteiger partial charge in [0, 0.05) is 53.8 Å². The SMILES string of the molecule is Cc1nc(CSc2ccccc2C(=O)N2CCN(Cc3cccc(Cl)c3)CC2)cs1. The maximum absolute atomic E-state index is 13.2. The molecule has 3 aromatic rings. The lowest BCUT2D eigenvalue weighted by atomic mass is 10.1. The Hall–Kier alpha value is -1.86. The van der Waals surface area contributed by atoms with E-state index in [4.69, 9.17) is 11.6 Å². The summed E-state index contributed by atoms with van der Waals surface area (Å²) in [6.45, 7) is 6.09. The van der Waals surface area contributed by atoms with Gasteiger partial charge in [-0.05, 0) is 36.8 Å². The van der Waals surface area contributed by atoms with Crippen molar-refractivity contribution in [3.8, 4) is 0 Å². The Morgan fingerprint density at radius 3 is 2.67 bits per heavy atom. The van der Waals surface area contributed by atoms with E-state index in [0.29, 0.717) is 0 Å². The Balaban J connectivity index is 1.36. The molecule has 1 aromatic heterocycles. The highest BCUT2D eigenvalue weighted by Gasteiger charge is 2.24. The van der Waals surface area contributed by atoms with Crippen LogP contribution in [0.5, 0.6) is 0 Å². The maximum atomic E-state index is 13.2. The summed E-state index contributed by atoms with van der Waals surface area (Å²) in [7, 11) is 0. The molecule has 0 atom stereocenters. The van der Waals surface area contributed by atoms with Crippen LogP contribution >= 0.6 is 34.7 Å². The fourth-order valence-electron chi connectivity index (χ4n) is 3.57. The van der Waals surface area contributed by atoms with Gasteiger partial charge in [-0.25, -0.2) is 4.98 Å². The van der Waals surface area contributed by atoms with Crippen molar-refractivity contribution in [1.82, 2.24) is 14.8 Å². The van der Waals surface area contributed by atoms with Crippen LogP contribution in [0.25, 0.3) is 0 Å². The van der Waals surface area contributed by atoms with Crippen molar-refractivity contribution in [3.05, 3.63) is 80.8 Å². The molecule has 1 fully saturated rings. The second-order valence-corrected chi connectivity index (χ2v) is 9.86. The molecule has 7 heteroatoms. The lowest BCUT2D eigenvalue weighted by Crippen LogP contribution is -2.48. The van der Waals surface area contributed by atoms with Crippen LogP contribution in [0.3, 0.4) is 0 Å². The summed E-state index contributed by atoms with van der Waals surface area (Å²) in [4.78, 5) is 23.1. The molecule has 0 unspecified atom stereocenters. The molecule has 1 amide bonds. The van der Waals surface area contributed by atoms with Crippen LogP contribution in [0.1, 0.15) is 26.6 Å². The van der Waals surface area contributed by atoms with Gasteiger partial charge in [0.1, 0.15) is 0 Å². The van der Waals surface area contributed by atoms with E-state index < -0.39 is 0 Å². The molecule has 0 spiro atoms. The number of carbonyl (C=O) groups is 1. The summed E-state index contributed by atoms with van der Waals surface area (Å²) in [5.74, 6) is 0.900. The molecule has 1 aliphatic heterocycles. The number of aromatic nitrogens is 1. The molecule has 156 valence electrons. The number of thioether (sulfide) groups is 1. The average molecular weight is 458 g/mol. The second-order valence-electron chi connectivity index (χ2n) is 7.34. The fourth-order valence-corrected chi connectivity index (χ4v) is 5.44. The van der Waals surface area contributed by atoms with Gasteiger partial charge >= 0.3 is 0 Å². The van der Waals surface area contributed by atoms with Crippen molar-refractivity contribution in [2.75, 3.05) is 26.2 Å². The van der Waals surface area contributed by atoms with E-state index in [1.165, 1.54) is 5.56 Å². The fraction of sp³-hybridized carbons (Fsp3) is 0.304. The highest BCUT2D eigenvalue weighted by Crippen LogP contribution is 2.28. The van der Waals surface area contributed by atoms with Crippen LogP contribution < -0.4 is 0 Å². The minimum absolute atomic E-state index is 0.120. The zero-order valence-corrected chi connectivity index (χ0v) is 19.3. The molecule has 0 saturated carbocycles. The number of hydrogen-bond acceptors (Lipinski definition) is 5. The molecule has 0 radical (unpaired) electrons. The molecule has 0 aliphatic carbocycles. The first kappa shape index (κ1) is 21.4. The number of rotatable bonds is 6. The van der Waals surface area contributed by atoms with Crippen molar-refractivity contribution >= 4 is 40.6 Å². The highest BCUT2D eigenvalue weighted by atomic mass is 35.5. The van der Waals surface area contributed by atoms with Crippen molar-refractivity contribution < 1.29 is 4.79 Å². The highest BCUT2D eigenvalue weighted by molar-refractivity contribution is 7.98. The molecule has 1 aliphatic rings. The van der Waals surface area contributed by atoms with E-state index in [1.54, 1.807) is 23.1 Å². The first-order chi connectivity index (χ1) is 14.6. The van der Waals surface area contributed by atoms with Crippen LogP contribution in [0.4, 0.5) is 0 Å². The third-order valence-electron chi connectivity index (χ3n) is 5.11. The van der Waals surface area contributed by atoms with Crippen molar-refractivity contribution in [1.29, 1.82) is 0 Å². The molecule has 2 heterocycles. The number of thiazole rings is 1. The summed E-state index contributed by atoms with van der Waals surface area (Å²) in [5, 5.41) is 3.93. The normalized spacial score (nSPS) is 14.8. The maximum Gasteiger partial charge on any atom is 0.255 e. The summed E-state index contributed by atoms with van der Waals surface area (Å²) in [5.41, 5.74) is 3.07. The van der Waals surface area contributed by atoms with E-state index in [9.17, 15) is 4.79 Å². The molecule has 2 aromatic carbocycles. The van der Waals surface area contributed by atoms with Gasteiger partial charge in [-0.2, -0.15) is 0 Å². The average Bonchev–Trinajstić information content (AvgIpc) is 3.18. The quantitative estimate of drug-likeness (QED) is 0.467. The molecule has 4 nitrogen and oxygen atoms in total. The van der Waals surface area contributed by atoms with Crippen molar-refractivity contribution in [2.24, 2.45) is 0 Å². The number of halogens is 1. The number of carbonyl (C=O) groups excluding carboxylic acids is 1. The number of piperazine rings is 1. The third-order valence-corrected chi connectivity index (χ3v) is 7.28. The minimum atomic E-state index is 0.120. The van der Waals surface area contributed by atoms with Crippen LogP contribution in [-0.2, 0) is 12.3 Å². The van der Waals surface area contributed by atoms with Crippen LogP contribution in [0.15, 0.2) is 58.8 Å². The van der Waals surface area contributed by atoms with Gasteiger partial charge < -0.3 is 4.90 Å². The third kappa shape index (κ3) is 5.43. The zero-order valence-electron chi connectivity index (χ0n) is 16.9. The number of hydrogen-bond donors (Lipinski definition) is 0. The Morgan fingerprint density at radius 1 is 1.13 bits per heavy atom. The van der Waals surface area contributed by atoms with E-state index >= 15 is 0 Å². The first-order valence-corrected chi connectivity index (χ1v) is 12.2. The van der Waals surface area contributed by atoms with Crippen LogP contribution in [0, 0.1) is 6.92 Å². The summed E-state index contributed by atoms with van der Waals surface area (Å²) in [6, 6.07) is 15.9. The van der Waals surface area contributed by atoms with Gasteiger partial charge in [0.25, 0.3) is 5.91 Å². The van der Waals surface area contributed by atoms with Gasteiger partial charge in [-0.1, -0.05) is 35.9 Å². The van der Waals surface area contributed by atoms with E-state index in [0.717, 1.165) is 64.7 Å². The Bertz CT molecular complexity index is 1010. The minimum Gasteiger partial charge on any atom is -0.336 e. The smallest absolute Gasteiger partial charge is 0.255 e. The van der Waals surface area contributed by atoms with Gasteiger partial charge in [-0.15, -0.1) is 23.1 Å². The number of aryl methyl sites for hydroxylation is 1. The Labute approximate surface area is 190 Å². The Kier molecular flexibility index (Phi) is 7.10. The molecule has 30 heavy (non-hydrogen) atoms. The summed E-state index contributed by atoms with van der Waals surface area (Å²) < 4.78 is 0. The molecule has 1 saturated heterocycles. The van der Waals surface area contributed by atoms with Crippen LogP contribution in [0.2, 0.25) is 5.02 Å². The van der Waals surface area contributed by atoms with Crippen molar-refractivity contribution in [2.45, 2.75) is 24.1 Å². The molecule has 0 bridgehead atoms. The van der Waals surface area contributed by atoms with E-state index in [1.807, 2.05) is 54.3 Å². The topological polar surface area (TPSA) is 36.4 Å². The number of nitrogens with zero attached hydrogens (tertiary/aromatic N) is 3. The molecular formula is C23H24ClN3OS2. The predicted molar refractivity (Wildman–Crippen MR) is 125 cm³/mol. The van der Waals surface area contributed by atoms with Gasteiger partial charge in [0.2, 0.25) is 0 Å². The molecule has 0 N–H and O–H groups in total. The van der Waals surface area contributed by atoms with Gasteiger partial charge in [0.05, 0.1) is 16.3 Å². The zero-order chi connectivity index (χ0) is 20.9. The Morgan fingerprint density at radius 2 is 1.93 bits per heavy atom. The van der Waals surface area contributed by atoms with Crippen LogP contribution in [-0.4, -0.2) is 46.9 Å². The summed E-state index contributed by atoms with van der Waals surface area (Å²) >= 11 is 9.44. The molecule has 4 rings (SSSR count). The van der Waals surface area contributed by atoms with E-state index in [-0.39, 0.29) is 5.91 Å². The second kappa shape index (κ2) is 9.96. The molecular weight excluding hydrogens is 434 g/mol. The van der Waals surface area contributed by atoms with Gasteiger partial charge in [0.15, 0.2) is 0 Å².